The molecule has 0 spiro atoms. The van der Waals surface area contributed by atoms with E-state index in [-0.39, 0.29) is 5.91 Å². The smallest absolute Gasteiger partial charge is 0.255 e. The van der Waals surface area contributed by atoms with Crippen LogP contribution >= 0.6 is 15.9 Å². The van der Waals surface area contributed by atoms with Crippen LogP contribution in [0.15, 0.2) is 22.7 Å². The predicted molar refractivity (Wildman–Crippen MR) is 83.0 cm³/mol. The Kier molecular flexibility index (Phi) is 4.10. The fraction of sp³-hybridized carbons (Fsp3) is 0.533. The standard InChI is InChI=1S/C15H20BrN3O/c1-11-2-3-13(14(16)8-11)15(20)19-9-12(10-19)18-6-4-17-5-7-18/h2-3,8,12,17H,4-7,9-10H2,1H3. The molecule has 108 valence electrons. The van der Waals surface area contributed by atoms with Gasteiger partial charge in [-0.3, -0.25) is 9.69 Å². The normalized spacial score (nSPS) is 20.8. The zero-order chi connectivity index (χ0) is 14.1. The van der Waals surface area contributed by atoms with Crippen LogP contribution in [0.5, 0.6) is 0 Å². The zero-order valence-electron chi connectivity index (χ0n) is 11.7. The summed E-state index contributed by atoms with van der Waals surface area (Å²) in [5.74, 6) is 0.142. The maximum atomic E-state index is 12.5. The van der Waals surface area contributed by atoms with E-state index in [1.807, 2.05) is 30.0 Å². The molecule has 2 heterocycles. The molecule has 2 fully saturated rings. The van der Waals surface area contributed by atoms with E-state index >= 15 is 0 Å². The third-order valence-electron chi connectivity index (χ3n) is 4.17. The van der Waals surface area contributed by atoms with Crippen LogP contribution in [0, 0.1) is 6.92 Å². The first-order chi connectivity index (χ1) is 9.65. The van der Waals surface area contributed by atoms with E-state index in [4.69, 9.17) is 0 Å². The Labute approximate surface area is 128 Å². The van der Waals surface area contributed by atoms with Crippen molar-refractivity contribution in [3.63, 3.8) is 0 Å². The Morgan fingerprint density at radius 3 is 2.65 bits per heavy atom. The van der Waals surface area contributed by atoms with Crippen LogP contribution in [0.1, 0.15) is 15.9 Å². The number of hydrogen-bond donors (Lipinski definition) is 1. The molecule has 4 nitrogen and oxygen atoms in total. The summed E-state index contributed by atoms with van der Waals surface area (Å²) in [5.41, 5.74) is 1.94. The minimum Gasteiger partial charge on any atom is -0.335 e. The minimum atomic E-state index is 0.142. The molecule has 3 rings (SSSR count). The van der Waals surface area contributed by atoms with Gasteiger partial charge >= 0.3 is 0 Å². The van der Waals surface area contributed by atoms with Gasteiger partial charge in [-0.1, -0.05) is 6.07 Å². The number of amides is 1. The van der Waals surface area contributed by atoms with Crippen LogP contribution in [0.3, 0.4) is 0 Å². The van der Waals surface area contributed by atoms with Gasteiger partial charge in [-0.05, 0) is 40.5 Å². The topological polar surface area (TPSA) is 35.6 Å². The van der Waals surface area contributed by atoms with Gasteiger partial charge in [-0.15, -0.1) is 0 Å². The molecule has 0 radical (unpaired) electrons. The summed E-state index contributed by atoms with van der Waals surface area (Å²) in [6, 6.07) is 6.46. The largest absolute Gasteiger partial charge is 0.335 e. The number of likely N-dealkylation sites (tertiary alicyclic amines) is 1. The highest BCUT2D eigenvalue weighted by atomic mass is 79.9. The van der Waals surface area contributed by atoms with Crippen molar-refractivity contribution in [3.05, 3.63) is 33.8 Å². The van der Waals surface area contributed by atoms with Crippen molar-refractivity contribution < 1.29 is 4.79 Å². The molecule has 1 amide bonds. The molecule has 1 aromatic rings. The summed E-state index contributed by atoms with van der Waals surface area (Å²) >= 11 is 3.49. The minimum absolute atomic E-state index is 0.142. The Balaban J connectivity index is 1.60. The van der Waals surface area contributed by atoms with E-state index in [2.05, 4.69) is 26.1 Å². The molecule has 5 heteroatoms. The lowest BCUT2D eigenvalue weighted by atomic mass is 10.0. The van der Waals surface area contributed by atoms with Crippen LogP contribution in [0.25, 0.3) is 0 Å². The van der Waals surface area contributed by atoms with Crippen molar-refractivity contribution in [2.24, 2.45) is 0 Å². The molecule has 1 aromatic carbocycles. The Morgan fingerprint density at radius 1 is 1.30 bits per heavy atom. The molecule has 2 saturated heterocycles. The van der Waals surface area contributed by atoms with E-state index in [1.54, 1.807) is 0 Å². The molecule has 0 atom stereocenters. The van der Waals surface area contributed by atoms with Crippen molar-refractivity contribution in [2.75, 3.05) is 39.3 Å². The third kappa shape index (κ3) is 2.75. The quantitative estimate of drug-likeness (QED) is 0.888. The number of benzene rings is 1. The molecule has 2 aliphatic heterocycles. The molecule has 2 aliphatic rings. The lowest BCUT2D eigenvalue weighted by Gasteiger charge is -2.46. The summed E-state index contributed by atoms with van der Waals surface area (Å²) in [7, 11) is 0. The number of hydrogen-bond acceptors (Lipinski definition) is 3. The van der Waals surface area contributed by atoms with Crippen molar-refractivity contribution in [1.29, 1.82) is 0 Å². The molecule has 20 heavy (non-hydrogen) atoms. The second kappa shape index (κ2) is 5.84. The summed E-state index contributed by atoms with van der Waals surface area (Å²) in [6.07, 6.45) is 0. The fourth-order valence-electron chi connectivity index (χ4n) is 2.86. The summed E-state index contributed by atoms with van der Waals surface area (Å²) in [5, 5.41) is 3.36. The predicted octanol–water partition coefficient (Wildman–Crippen LogP) is 1.49. The highest BCUT2D eigenvalue weighted by molar-refractivity contribution is 9.10. The Hall–Kier alpha value is -0.910. The number of carbonyl (C=O) groups excluding carboxylic acids is 1. The van der Waals surface area contributed by atoms with Gasteiger partial charge in [0.15, 0.2) is 0 Å². The highest BCUT2D eigenvalue weighted by Gasteiger charge is 2.35. The highest BCUT2D eigenvalue weighted by Crippen LogP contribution is 2.24. The van der Waals surface area contributed by atoms with Crippen LogP contribution in [0.2, 0.25) is 0 Å². The summed E-state index contributed by atoms with van der Waals surface area (Å²) < 4.78 is 0.896. The molecule has 0 bridgehead atoms. The van der Waals surface area contributed by atoms with Gasteiger partial charge in [-0.2, -0.15) is 0 Å². The summed E-state index contributed by atoms with van der Waals surface area (Å²) in [4.78, 5) is 16.9. The van der Waals surface area contributed by atoms with Gasteiger partial charge in [0.1, 0.15) is 0 Å². The Morgan fingerprint density at radius 2 is 2.00 bits per heavy atom. The zero-order valence-corrected chi connectivity index (χ0v) is 13.3. The van der Waals surface area contributed by atoms with Gasteiger partial charge in [0.25, 0.3) is 5.91 Å². The average Bonchev–Trinajstić information content (AvgIpc) is 2.38. The van der Waals surface area contributed by atoms with Crippen LogP contribution in [-0.2, 0) is 0 Å². The van der Waals surface area contributed by atoms with E-state index in [9.17, 15) is 4.79 Å². The number of carbonyl (C=O) groups is 1. The lowest BCUT2D eigenvalue weighted by Crippen LogP contribution is -2.63. The van der Waals surface area contributed by atoms with Gasteiger partial charge in [0, 0.05) is 49.8 Å². The second-order valence-corrected chi connectivity index (χ2v) is 6.49. The average molecular weight is 338 g/mol. The number of aryl methyl sites for hydroxylation is 1. The lowest BCUT2D eigenvalue weighted by molar-refractivity contribution is 0.0226. The summed E-state index contributed by atoms with van der Waals surface area (Å²) in [6.45, 7) is 8.07. The number of piperazine rings is 1. The van der Waals surface area contributed by atoms with Crippen molar-refractivity contribution in [1.82, 2.24) is 15.1 Å². The van der Waals surface area contributed by atoms with Crippen molar-refractivity contribution in [2.45, 2.75) is 13.0 Å². The molecule has 0 aliphatic carbocycles. The maximum absolute atomic E-state index is 12.5. The van der Waals surface area contributed by atoms with E-state index in [1.165, 1.54) is 0 Å². The van der Waals surface area contributed by atoms with E-state index < -0.39 is 0 Å². The number of nitrogens with one attached hydrogen (secondary N) is 1. The SMILES string of the molecule is Cc1ccc(C(=O)N2CC(N3CCNCC3)C2)c(Br)c1. The second-order valence-electron chi connectivity index (χ2n) is 5.63. The van der Waals surface area contributed by atoms with Crippen LogP contribution in [0.4, 0.5) is 0 Å². The van der Waals surface area contributed by atoms with Crippen molar-refractivity contribution >= 4 is 21.8 Å². The third-order valence-corrected chi connectivity index (χ3v) is 4.83. The molecule has 0 saturated carbocycles. The van der Waals surface area contributed by atoms with E-state index in [0.29, 0.717) is 6.04 Å². The monoisotopic (exact) mass is 337 g/mol. The first-order valence-corrected chi connectivity index (χ1v) is 7.94. The van der Waals surface area contributed by atoms with Gasteiger partial charge in [0.2, 0.25) is 0 Å². The molecule has 1 N–H and O–H groups in total. The van der Waals surface area contributed by atoms with Gasteiger partial charge < -0.3 is 10.2 Å². The van der Waals surface area contributed by atoms with E-state index in [0.717, 1.165) is 54.9 Å². The number of rotatable bonds is 2. The number of nitrogens with zero attached hydrogens (tertiary/aromatic N) is 2. The first kappa shape index (κ1) is 14.0. The fourth-order valence-corrected chi connectivity index (χ4v) is 3.53. The molecule has 0 unspecified atom stereocenters. The van der Waals surface area contributed by atoms with Crippen LogP contribution in [-0.4, -0.2) is 61.0 Å². The Bertz CT molecular complexity index is 508. The number of halogens is 1. The molecular weight excluding hydrogens is 318 g/mol. The van der Waals surface area contributed by atoms with Gasteiger partial charge in [-0.25, -0.2) is 0 Å². The van der Waals surface area contributed by atoms with Gasteiger partial charge in [0.05, 0.1) is 5.56 Å². The van der Waals surface area contributed by atoms with Crippen LogP contribution < -0.4 is 5.32 Å². The van der Waals surface area contributed by atoms with Crippen molar-refractivity contribution in [3.8, 4) is 0 Å². The maximum Gasteiger partial charge on any atom is 0.255 e. The first-order valence-electron chi connectivity index (χ1n) is 7.15. The molecular formula is C15H20BrN3O. The molecule has 0 aromatic heterocycles.